The molecule has 4 heteroatoms. The van der Waals surface area contributed by atoms with Crippen LogP contribution < -0.4 is 5.73 Å². The van der Waals surface area contributed by atoms with Crippen molar-refractivity contribution in [1.29, 1.82) is 0 Å². The lowest BCUT2D eigenvalue weighted by molar-refractivity contribution is 0.701. The van der Waals surface area contributed by atoms with Gasteiger partial charge in [0, 0.05) is 21.8 Å². The second-order valence-electron chi connectivity index (χ2n) is 4.18. The maximum atomic E-state index is 6.33. The van der Waals surface area contributed by atoms with Crippen molar-refractivity contribution in [2.75, 3.05) is 19.1 Å². The Morgan fingerprint density at radius 3 is 2.44 bits per heavy atom. The summed E-state index contributed by atoms with van der Waals surface area (Å²) < 4.78 is 0. The van der Waals surface area contributed by atoms with Crippen molar-refractivity contribution in [3.8, 4) is 0 Å². The predicted octanol–water partition coefficient (Wildman–Crippen LogP) is 3.77. The molecule has 2 N–H and O–H groups in total. The maximum Gasteiger partial charge on any atom is 0.0556 e. The smallest absolute Gasteiger partial charge is 0.0556 e. The lowest BCUT2D eigenvalue weighted by Crippen LogP contribution is -2.19. The summed E-state index contributed by atoms with van der Waals surface area (Å²) in [6.07, 6.45) is 6.56. The van der Waals surface area contributed by atoms with E-state index in [0.717, 1.165) is 11.6 Å². The van der Waals surface area contributed by atoms with Crippen LogP contribution in [0.2, 0.25) is 5.02 Å². The number of thioether (sulfide) groups is 2. The van der Waals surface area contributed by atoms with Crippen LogP contribution in [0.3, 0.4) is 0 Å². The van der Waals surface area contributed by atoms with Gasteiger partial charge >= 0.3 is 0 Å². The minimum atomic E-state index is 0.227. The van der Waals surface area contributed by atoms with E-state index in [2.05, 4.69) is 24.6 Å². The zero-order chi connectivity index (χ0) is 11.8. The topological polar surface area (TPSA) is 26.0 Å². The first kappa shape index (κ1) is 12.6. The SMILES string of the molecule is CSc1cc(C2(CN)CC2)cc(Cl)c1SC. The molecule has 0 saturated heterocycles. The Bertz CT molecular complexity index is 402. The van der Waals surface area contributed by atoms with Crippen LogP contribution in [-0.4, -0.2) is 19.1 Å². The van der Waals surface area contributed by atoms with Crippen molar-refractivity contribution in [3.63, 3.8) is 0 Å². The van der Waals surface area contributed by atoms with E-state index in [0.29, 0.717) is 0 Å². The Labute approximate surface area is 111 Å². The second kappa shape index (κ2) is 4.81. The normalized spacial score (nSPS) is 17.5. The number of nitrogens with two attached hydrogens (primary N) is 1. The molecule has 0 unspecified atom stereocenters. The van der Waals surface area contributed by atoms with Crippen LogP contribution in [0.4, 0.5) is 0 Å². The molecule has 1 nitrogen and oxygen atoms in total. The highest BCUT2D eigenvalue weighted by Crippen LogP contribution is 2.49. The molecule has 0 bridgehead atoms. The minimum absolute atomic E-state index is 0.227. The van der Waals surface area contributed by atoms with Crippen molar-refractivity contribution in [1.82, 2.24) is 0 Å². The molecular weight excluding hydrogens is 258 g/mol. The summed E-state index contributed by atoms with van der Waals surface area (Å²) >= 11 is 9.80. The molecule has 0 heterocycles. The summed E-state index contributed by atoms with van der Waals surface area (Å²) in [5.74, 6) is 0. The van der Waals surface area contributed by atoms with E-state index in [4.69, 9.17) is 17.3 Å². The highest BCUT2D eigenvalue weighted by atomic mass is 35.5. The van der Waals surface area contributed by atoms with Crippen LogP contribution in [0.25, 0.3) is 0 Å². The molecule has 16 heavy (non-hydrogen) atoms. The van der Waals surface area contributed by atoms with Gasteiger partial charge in [-0.15, -0.1) is 23.5 Å². The van der Waals surface area contributed by atoms with Crippen LogP contribution in [0, 0.1) is 0 Å². The maximum absolute atomic E-state index is 6.33. The predicted molar refractivity (Wildman–Crippen MR) is 75.0 cm³/mol. The van der Waals surface area contributed by atoms with Crippen molar-refractivity contribution in [2.24, 2.45) is 5.73 Å². The first-order valence-corrected chi connectivity index (χ1v) is 8.11. The molecule has 1 aromatic carbocycles. The van der Waals surface area contributed by atoms with Crippen LogP contribution in [0.5, 0.6) is 0 Å². The number of rotatable bonds is 4. The van der Waals surface area contributed by atoms with E-state index in [9.17, 15) is 0 Å². The largest absolute Gasteiger partial charge is 0.330 e. The molecule has 88 valence electrons. The van der Waals surface area contributed by atoms with Gasteiger partial charge in [-0.3, -0.25) is 0 Å². The molecular formula is C12H16ClNS2. The highest BCUT2D eigenvalue weighted by Gasteiger charge is 2.43. The highest BCUT2D eigenvalue weighted by molar-refractivity contribution is 8.01. The average molecular weight is 274 g/mol. The summed E-state index contributed by atoms with van der Waals surface area (Å²) in [7, 11) is 0. The van der Waals surface area contributed by atoms with Crippen LogP contribution in [0.1, 0.15) is 18.4 Å². The van der Waals surface area contributed by atoms with Crippen LogP contribution in [0.15, 0.2) is 21.9 Å². The van der Waals surface area contributed by atoms with Gasteiger partial charge in [-0.05, 0) is 43.0 Å². The molecule has 1 fully saturated rings. The van der Waals surface area contributed by atoms with E-state index in [1.165, 1.54) is 28.2 Å². The molecule has 1 aliphatic carbocycles. The van der Waals surface area contributed by atoms with E-state index in [1.807, 2.05) is 0 Å². The third-order valence-corrected chi connectivity index (χ3v) is 5.44. The zero-order valence-electron chi connectivity index (χ0n) is 9.55. The Morgan fingerprint density at radius 1 is 1.31 bits per heavy atom. The number of hydrogen-bond acceptors (Lipinski definition) is 3. The van der Waals surface area contributed by atoms with E-state index < -0.39 is 0 Å². The molecule has 2 rings (SSSR count). The number of benzene rings is 1. The summed E-state index contributed by atoms with van der Waals surface area (Å²) in [5.41, 5.74) is 7.41. The Balaban J connectivity index is 2.46. The molecule has 0 aromatic heterocycles. The lowest BCUT2D eigenvalue weighted by Gasteiger charge is -2.16. The van der Waals surface area contributed by atoms with Crippen molar-refractivity contribution in [3.05, 3.63) is 22.7 Å². The molecule has 0 amide bonds. The number of hydrogen-bond donors (Lipinski definition) is 1. The Kier molecular flexibility index (Phi) is 3.79. The van der Waals surface area contributed by atoms with Crippen LogP contribution >= 0.6 is 35.1 Å². The summed E-state index contributed by atoms with van der Waals surface area (Å²) in [5, 5.41) is 0.870. The van der Waals surface area contributed by atoms with Gasteiger partial charge < -0.3 is 5.73 Å². The summed E-state index contributed by atoms with van der Waals surface area (Å²) in [6, 6.07) is 4.37. The zero-order valence-corrected chi connectivity index (χ0v) is 11.9. The van der Waals surface area contributed by atoms with E-state index >= 15 is 0 Å². The van der Waals surface area contributed by atoms with Gasteiger partial charge in [0.05, 0.1) is 5.02 Å². The molecule has 0 spiro atoms. The Hall–Kier alpha value is 0.170. The van der Waals surface area contributed by atoms with Gasteiger partial charge in [-0.25, -0.2) is 0 Å². The minimum Gasteiger partial charge on any atom is -0.330 e. The monoisotopic (exact) mass is 273 g/mol. The third kappa shape index (κ3) is 2.10. The standard InChI is InChI=1S/C12H16ClNS2/c1-15-10-6-8(12(7-14)3-4-12)5-9(13)11(10)16-2/h5-6H,3-4,7,14H2,1-2H3. The fourth-order valence-electron chi connectivity index (χ4n) is 1.99. The molecule has 1 saturated carbocycles. The first-order chi connectivity index (χ1) is 7.66. The average Bonchev–Trinajstić information content (AvgIpc) is 3.08. The van der Waals surface area contributed by atoms with Gasteiger partial charge in [0.25, 0.3) is 0 Å². The van der Waals surface area contributed by atoms with Gasteiger partial charge in [0.1, 0.15) is 0 Å². The molecule has 0 radical (unpaired) electrons. The van der Waals surface area contributed by atoms with E-state index in [-0.39, 0.29) is 5.41 Å². The second-order valence-corrected chi connectivity index (χ2v) is 6.25. The van der Waals surface area contributed by atoms with Gasteiger partial charge in [0.15, 0.2) is 0 Å². The lowest BCUT2D eigenvalue weighted by atomic mass is 9.96. The van der Waals surface area contributed by atoms with Gasteiger partial charge in [-0.2, -0.15) is 0 Å². The van der Waals surface area contributed by atoms with Crippen molar-refractivity contribution in [2.45, 2.75) is 28.0 Å². The third-order valence-electron chi connectivity index (χ3n) is 3.29. The molecule has 0 aliphatic heterocycles. The fraction of sp³-hybridized carbons (Fsp3) is 0.500. The molecule has 1 aromatic rings. The first-order valence-electron chi connectivity index (χ1n) is 5.29. The molecule has 1 aliphatic rings. The Morgan fingerprint density at radius 2 is 2.00 bits per heavy atom. The fourth-order valence-corrected chi connectivity index (χ4v) is 4.05. The van der Waals surface area contributed by atoms with Gasteiger partial charge in [-0.1, -0.05) is 11.6 Å². The molecule has 0 atom stereocenters. The quantitative estimate of drug-likeness (QED) is 0.846. The van der Waals surface area contributed by atoms with Gasteiger partial charge in [0.2, 0.25) is 0 Å². The number of halogens is 1. The van der Waals surface area contributed by atoms with Crippen LogP contribution in [-0.2, 0) is 5.41 Å². The van der Waals surface area contributed by atoms with Crippen molar-refractivity contribution >= 4 is 35.1 Å². The van der Waals surface area contributed by atoms with E-state index in [1.54, 1.807) is 23.5 Å². The van der Waals surface area contributed by atoms with Crippen molar-refractivity contribution < 1.29 is 0 Å². The summed E-state index contributed by atoms with van der Waals surface area (Å²) in [4.78, 5) is 2.46. The summed E-state index contributed by atoms with van der Waals surface area (Å²) in [6.45, 7) is 0.732.